The molecular weight excluding hydrogens is 322 g/mol. The van der Waals surface area contributed by atoms with Crippen LogP contribution < -0.4 is 16.4 Å². The Morgan fingerprint density at radius 3 is 2.50 bits per heavy atom. The summed E-state index contributed by atoms with van der Waals surface area (Å²) >= 11 is 1.66. The summed E-state index contributed by atoms with van der Waals surface area (Å²) in [7, 11) is 0. The minimum atomic E-state index is -0.504. The smallest absolute Gasteiger partial charge is 0.251 e. The van der Waals surface area contributed by atoms with Crippen molar-refractivity contribution in [3.05, 3.63) is 29.8 Å². The van der Waals surface area contributed by atoms with E-state index < -0.39 is 6.04 Å². The maximum atomic E-state index is 11.9. The Bertz CT molecular complexity index is 506. The van der Waals surface area contributed by atoms with Gasteiger partial charge in [-0.05, 0) is 55.5 Å². The molecule has 0 saturated heterocycles. The van der Waals surface area contributed by atoms with E-state index in [1.165, 1.54) is 0 Å². The Labute approximate surface area is 141 Å². The fourth-order valence-electron chi connectivity index (χ4n) is 1.81. The van der Waals surface area contributed by atoms with Crippen molar-refractivity contribution in [3.63, 3.8) is 0 Å². The minimum absolute atomic E-state index is 0. The molecule has 0 spiro atoms. The predicted octanol–water partition coefficient (Wildman–Crippen LogP) is 2.02. The van der Waals surface area contributed by atoms with Gasteiger partial charge in [-0.1, -0.05) is 0 Å². The van der Waals surface area contributed by atoms with Crippen LogP contribution in [0.25, 0.3) is 0 Å². The Kier molecular flexibility index (Phi) is 7.72. The standard InChI is InChI=1S/C15H21N3O2S.ClH/c1-21-9-8-13(16)15(20)18-11-4-2-10(3-5-11)14(19)17-12-6-7-12;/h2-5,12-13H,6-9,16H2,1H3,(H,17,19)(H,18,20);1H/t13-;/m0./s1. The van der Waals surface area contributed by atoms with Crippen molar-refractivity contribution in [1.82, 2.24) is 5.32 Å². The molecule has 4 N–H and O–H groups in total. The van der Waals surface area contributed by atoms with Crippen LogP contribution in [0.5, 0.6) is 0 Å². The third kappa shape index (κ3) is 5.87. The zero-order valence-corrected chi connectivity index (χ0v) is 14.1. The second-order valence-electron chi connectivity index (χ2n) is 5.20. The summed E-state index contributed by atoms with van der Waals surface area (Å²) in [5.74, 6) is 0.598. The summed E-state index contributed by atoms with van der Waals surface area (Å²) in [6, 6.07) is 6.70. The molecule has 1 fully saturated rings. The Balaban J connectivity index is 0.00000242. The van der Waals surface area contributed by atoms with E-state index in [9.17, 15) is 9.59 Å². The second kappa shape index (κ2) is 9.02. The van der Waals surface area contributed by atoms with Gasteiger partial charge in [-0.15, -0.1) is 12.4 Å². The topological polar surface area (TPSA) is 84.2 Å². The predicted molar refractivity (Wildman–Crippen MR) is 93.8 cm³/mol. The maximum Gasteiger partial charge on any atom is 0.251 e. The molecule has 22 heavy (non-hydrogen) atoms. The van der Waals surface area contributed by atoms with Crippen molar-refractivity contribution in [1.29, 1.82) is 0 Å². The van der Waals surface area contributed by atoms with E-state index in [2.05, 4.69) is 10.6 Å². The van der Waals surface area contributed by atoms with Crippen molar-refractivity contribution in [2.24, 2.45) is 5.73 Å². The van der Waals surface area contributed by atoms with Crippen LogP contribution in [0.3, 0.4) is 0 Å². The van der Waals surface area contributed by atoms with Crippen molar-refractivity contribution < 1.29 is 9.59 Å². The van der Waals surface area contributed by atoms with Crippen LogP contribution in [-0.4, -0.2) is 35.9 Å². The van der Waals surface area contributed by atoms with Gasteiger partial charge in [0, 0.05) is 17.3 Å². The largest absolute Gasteiger partial charge is 0.349 e. The quantitative estimate of drug-likeness (QED) is 0.707. The highest BCUT2D eigenvalue weighted by Crippen LogP contribution is 2.19. The lowest BCUT2D eigenvalue weighted by molar-refractivity contribution is -0.117. The van der Waals surface area contributed by atoms with Gasteiger partial charge in [-0.25, -0.2) is 0 Å². The van der Waals surface area contributed by atoms with Gasteiger partial charge < -0.3 is 16.4 Å². The van der Waals surface area contributed by atoms with E-state index in [0.29, 0.717) is 23.7 Å². The van der Waals surface area contributed by atoms with Gasteiger partial charge in [0.15, 0.2) is 0 Å². The summed E-state index contributed by atoms with van der Waals surface area (Å²) in [5.41, 5.74) is 7.06. The van der Waals surface area contributed by atoms with E-state index in [1.807, 2.05) is 6.26 Å². The Morgan fingerprint density at radius 2 is 1.95 bits per heavy atom. The summed E-state index contributed by atoms with van der Waals surface area (Å²) < 4.78 is 0. The minimum Gasteiger partial charge on any atom is -0.349 e. The maximum absolute atomic E-state index is 11.9. The molecule has 5 nitrogen and oxygen atoms in total. The number of hydrogen-bond donors (Lipinski definition) is 3. The average molecular weight is 344 g/mol. The number of amides is 2. The van der Waals surface area contributed by atoms with Gasteiger partial charge in [0.05, 0.1) is 6.04 Å². The monoisotopic (exact) mass is 343 g/mol. The Morgan fingerprint density at radius 1 is 1.32 bits per heavy atom. The van der Waals surface area contributed by atoms with Gasteiger partial charge in [0.25, 0.3) is 5.91 Å². The van der Waals surface area contributed by atoms with Crippen molar-refractivity contribution in [3.8, 4) is 0 Å². The number of halogens is 1. The van der Waals surface area contributed by atoms with Gasteiger partial charge in [0.2, 0.25) is 5.91 Å². The third-order valence-electron chi connectivity index (χ3n) is 3.30. The van der Waals surface area contributed by atoms with Crippen molar-refractivity contribution in [2.75, 3.05) is 17.3 Å². The molecule has 2 amide bonds. The SMILES string of the molecule is CSCC[C@H](N)C(=O)Nc1ccc(C(=O)NC2CC2)cc1.Cl. The third-order valence-corrected chi connectivity index (χ3v) is 3.94. The number of carbonyl (C=O) groups is 2. The van der Waals surface area contributed by atoms with Gasteiger partial charge in [-0.3, -0.25) is 9.59 Å². The highest BCUT2D eigenvalue weighted by atomic mass is 35.5. The van der Waals surface area contributed by atoms with Crippen LogP contribution in [0.4, 0.5) is 5.69 Å². The van der Waals surface area contributed by atoms with E-state index in [-0.39, 0.29) is 24.2 Å². The van der Waals surface area contributed by atoms with E-state index in [1.54, 1.807) is 36.0 Å². The number of anilines is 1. The molecule has 0 bridgehead atoms. The van der Waals surface area contributed by atoms with E-state index >= 15 is 0 Å². The zero-order valence-electron chi connectivity index (χ0n) is 12.5. The van der Waals surface area contributed by atoms with Gasteiger partial charge >= 0.3 is 0 Å². The molecule has 1 aliphatic carbocycles. The molecule has 2 rings (SSSR count). The van der Waals surface area contributed by atoms with E-state index in [4.69, 9.17) is 5.73 Å². The highest BCUT2D eigenvalue weighted by molar-refractivity contribution is 7.98. The van der Waals surface area contributed by atoms with Crippen LogP contribution in [0.2, 0.25) is 0 Å². The van der Waals surface area contributed by atoms with Crippen LogP contribution in [-0.2, 0) is 4.79 Å². The van der Waals surface area contributed by atoms with Crippen LogP contribution in [0.15, 0.2) is 24.3 Å². The normalized spacial score (nSPS) is 14.6. The second-order valence-corrected chi connectivity index (χ2v) is 6.19. The number of nitrogens with two attached hydrogens (primary N) is 1. The molecule has 1 aliphatic rings. The molecule has 1 aromatic carbocycles. The molecule has 0 unspecified atom stereocenters. The van der Waals surface area contributed by atoms with Crippen molar-refractivity contribution >= 4 is 41.7 Å². The molecule has 1 saturated carbocycles. The fourth-order valence-corrected chi connectivity index (χ4v) is 2.30. The highest BCUT2D eigenvalue weighted by Gasteiger charge is 2.23. The number of benzene rings is 1. The number of nitrogens with one attached hydrogen (secondary N) is 2. The number of hydrogen-bond acceptors (Lipinski definition) is 4. The van der Waals surface area contributed by atoms with Crippen LogP contribution in [0.1, 0.15) is 29.6 Å². The van der Waals surface area contributed by atoms with Gasteiger partial charge in [0.1, 0.15) is 0 Å². The molecule has 0 aliphatic heterocycles. The van der Waals surface area contributed by atoms with Crippen molar-refractivity contribution in [2.45, 2.75) is 31.3 Å². The first-order valence-electron chi connectivity index (χ1n) is 7.06. The van der Waals surface area contributed by atoms with Crippen LogP contribution in [0, 0.1) is 0 Å². The fraction of sp³-hybridized carbons (Fsp3) is 0.467. The lowest BCUT2D eigenvalue weighted by Crippen LogP contribution is -2.36. The van der Waals surface area contributed by atoms with Gasteiger partial charge in [-0.2, -0.15) is 11.8 Å². The molecule has 0 radical (unpaired) electrons. The lowest BCUT2D eigenvalue weighted by atomic mass is 10.1. The molecule has 122 valence electrons. The molecule has 1 atom stereocenters. The molecular formula is C15H22ClN3O2S. The first kappa shape index (κ1) is 18.8. The lowest BCUT2D eigenvalue weighted by Gasteiger charge is -2.12. The average Bonchev–Trinajstić information content (AvgIpc) is 3.29. The summed E-state index contributed by atoms with van der Waals surface area (Å²) in [4.78, 5) is 23.7. The number of rotatable bonds is 7. The van der Waals surface area contributed by atoms with Crippen LogP contribution >= 0.6 is 24.2 Å². The molecule has 0 heterocycles. The zero-order chi connectivity index (χ0) is 15.2. The first-order chi connectivity index (χ1) is 10.1. The molecule has 7 heteroatoms. The summed E-state index contributed by atoms with van der Waals surface area (Å²) in [5, 5.41) is 5.69. The summed E-state index contributed by atoms with van der Waals surface area (Å²) in [6.07, 6.45) is 4.76. The molecule has 1 aromatic rings. The first-order valence-corrected chi connectivity index (χ1v) is 8.46. The number of carbonyl (C=O) groups excluding carboxylic acids is 2. The summed E-state index contributed by atoms with van der Waals surface area (Å²) in [6.45, 7) is 0. The number of thioether (sulfide) groups is 1. The molecule has 0 aromatic heterocycles. The Hall–Kier alpha value is -1.24. The van der Waals surface area contributed by atoms with E-state index in [0.717, 1.165) is 18.6 Å².